The van der Waals surface area contributed by atoms with E-state index in [-0.39, 0.29) is 30.2 Å². The molecule has 0 atom stereocenters. The maximum Gasteiger partial charge on any atom is 0.253 e. The minimum atomic E-state index is -0.301. The summed E-state index contributed by atoms with van der Waals surface area (Å²) in [6.07, 6.45) is 6.64. The molecule has 5 nitrogen and oxygen atoms in total. The van der Waals surface area contributed by atoms with Crippen LogP contribution in [0, 0.1) is 5.92 Å². The Kier molecular flexibility index (Phi) is 3.56. The van der Waals surface area contributed by atoms with Crippen LogP contribution in [0.4, 0.5) is 0 Å². The second kappa shape index (κ2) is 5.12. The lowest BCUT2D eigenvalue weighted by Crippen LogP contribution is -2.39. The lowest BCUT2D eigenvalue weighted by Gasteiger charge is -2.15. The Bertz CT molecular complexity index is 352. The van der Waals surface area contributed by atoms with Crippen molar-refractivity contribution in [2.45, 2.75) is 25.7 Å². The number of carbonyl (C=O) groups is 3. The monoisotopic (exact) mass is 236 g/mol. The van der Waals surface area contributed by atoms with E-state index in [4.69, 9.17) is 0 Å². The highest BCUT2D eigenvalue weighted by molar-refractivity contribution is 6.12. The fraction of sp³-hybridized carbons (Fsp3) is 0.583. The highest BCUT2D eigenvalue weighted by Crippen LogP contribution is 2.24. The largest absolute Gasteiger partial charge is 0.354 e. The van der Waals surface area contributed by atoms with Crippen molar-refractivity contribution in [3.63, 3.8) is 0 Å². The van der Waals surface area contributed by atoms with Crippen molar-refractivity contribution >= 4 is 17.7 Å². The van der Waals surface area contributed by atoms with Gasteiger partial charge in [0.1, 0.15) is 0 Å². The van der Waals surface area contributed by atoms with Crippen molar-refractivity contribution in [1.29, 1.82) is 0 Å². The Labute approximate surface area is 99.8 Å². The summed E-state index contributed by atoms with van der Waals surface area (Å²) in [5.41, 5.74) is 0. The van der Waals surface area contributed by atoms with Crippen molar-refractivity contribution in [3.05, 3.63) is 12.2 Å². The van der Waals surface area contributed by atoms with E-state index in [1.807, 2.05) is 0 Å². The second-order valence-electron chi connectivity index (χ2n) is 4.43. The first-order valence-electron chi connectivity index (χ1n) is 6.00. The van der Waals surface area contributed by atoms with E-state index in [1.165, 1.54) is 12.2 Å². The number of rotatable bonds is 4. The van der Waals surface area contributed by atoms with E-state index >= 15 is 0 Å². The topological polar surface area (TPSA) is 66.5 Å². The van der Waals surface area contributed by atoms with Crippen LogP contribution in [-0.2, 0) is 14.4 Å². The molecular weight excluding hydrogens is 220 g/mol. The molecular formula is C12H16N2O3. The van der Waals surface area contributed by atoms with E-state index in [0.717, 1.165) is 30.6 Å². The molecule has 0 saturated heterocycles. The number of hydrogen-bond donors (Lipinski definition) is 1. The summed E-state index contributed by atoms with van der Waals surface area (Å²) in [5, 5.41) is 2.78. The number of imide groups is 1. The average molecular weight is 236 g/mol. The van der Waals surface area contributed by atoms with Crippen molar-refractivity contribution in [2.24, 2.45) is 5.92 Å². The Morgan fingerprint density at radius 2 is 1.82 bits per heavy atom. The molecule has 1 aliphatic heterocycles. The van der Waals surface area contributed by atoms with Gasteiger partial charge in [0.15, 0.2) is 0 Å². The fourth-order valence-corrected chi connectivity index (χ4v) is 2.27. The van der Waals surface area contributed by atoms with Crippen molar-refractivity contribution in [1.82, 2.24) is 10.2 Å². The number of amides is 3. The van der Waals surface area contributed by atoms with Gasteiger partial charge in [-0.1, -0.05) is 12.8 Å². The van der Waals surface area contributed by atoms with Crippen molar-refractivity contribution in [2.75, 3.05) is 13.1 Å². The van der Waals surface area contributed by atoms with Gasteiger partial charge in [0, 0.05) is 31.2 Å². The Morgan fingerprint density at radius 1 is 1.24 bits per heavy atom. The predicted octanol–water partition coefficient (Wildman–Crippen LogP) is 0.218. The average Bonchev–Trinajstić information content (AvgIpc) is 2.93. The van der Waals surface area contributed by atoms with E-state index in [0.29, 0.717) is 6.54 Å². The predicted molar refractivity (Wildman–Crippen MR) is 60.8 cm³/mol. The molecule has 0 aromatic heterocycles. The Morgan fingerprint density at radius 3 is 2.41 bits per heavy atom. The molecule has 3 amide bonds. The zero-order valence-electron chi connectivity index (χ0n) is 9.65. The van der Waals surface area contributed by atoms with Gasteiger partial charge in [-0.2, -0.15) is 0 Å². The molecule has 1 N–H and O–H groups in total. The van der Waals surface area contributed by atoms with Crippen LogP contribution in [0.15, 0.2) is 12.2 Å². The molecule has 0 unspecified atom stereocenters. The third-order valence-electron chi connectivity index (χ3n) is 3.26. The summed E-state index contributed by atoms with van der Waals surface area (Å²) < 4.78 is 0. The molecule has 0 radical (unpaired) electrons. The SMILES string of the molecule is O=C(NCCN1C(=O)C=CC1=O)C1CCCC1. The molecule has 5 heteroatoms. The third kappa shape index (κ3) is 2.72. The molecule has 0 spiro atoms. The first-order chi connectivity index (χ1) is 8.18. The van der Waals surface area contributed by atoms with Crippen LogP contribution in [0.1, 0.15) is 25.7 Å². The first kappa shape index (κ1) is 11.8. The zero-order valence-corrected chi connectivity index (χ0v) is 9.65. The molecule has 92 valence electrons. The van der Waals surface area contributed by atoms with Crippen molar-refractivity contribution in [3.8, 4) is 0 Å². The smallest absolute Gasteiger partial charge is 0.253 e. The summed E-state index contributed by atoms with van der Waals surface area (Å²) in [6.45, 7) is 0.595. The molecule has 0 bridgehead atoms. The number of hydrogen-bond acceptors (Lipinski definition) is 3. The molecule has 2 rings (SSSR count). The van der Waals surface area contributed by atoms with Gasteiger partial charge >= 0.3 is 0 Å². The first-order valence-corrected chi connectivity index (χ1v) is 6.00. The summed E-state index contributed by atoms with van der Waals surface area (Å²) in [4.78, 5) is 35.2. The van der Waals surface area contributed by atoms with Crippen LogP contribution in [0.3, 0.4) is 0 Å². The lowest BCUT2D eigenvalue weighted by atomic mass is 10.1. The van der Waals surface area contributed by atoms with E-state index in [2.05, 4.69) is 5.32 Å². The van der Waals surface area contributed by atoms with Gasteiger partial charge in [0.25, 0.3) is 11.8 Å². The van der Waals surface area contributed by atoms with Gasteiger partial charge in [-0.15, -0.1) is 0 Å². The van der Waals surface area contributed by atoms with Gasteiger partial charge in [-0.05, 0) is 12.8 Å². The molecule has 0 aromatic carbocycles. The highest BCUT2D eigenvalue weighted by atomic mass is 16.2. The van der Waals surface area contributed by atoms with E-state index in [1.54, 1.807) is 0 Å². The standard InChI is InChI=1S/C12H16N2O3/c15-10-5-6-11(16)14(10)8-7-13-12(17)9-3-1-2-4-9/h5-6,9H,1-4,7-8H2,(H,13,17). The van der Waals surface area contributed by atoms with Crippen LogP contribution in [0.25, 0.3) is 0 Å². The quantitative estimate of drug-likeness (QED) is 0.710. The zero-order chi connectivity index (χ0) is 12.3. The molecule has 1 fully saturated rings. The minimum absolute atomic E-state index is 0.0505. The molecule has 17 heavy (non-hydrogen) atoms. The summed E-state index contributed by atoms with van der Waals surface area (Å²) >= 11 is 0. The summed E-state index contributed by atoms with van der Waals surface area (Å²) in [7, 11) is 0. The van der Waals surface area contributed by atoms with Gasteiger partial charge in [-0.25, -0.2) is 0 Å². The van der Waals surface area contributed by atoms with Crippen LogP contribution >= 0.6 is 0 Å². The Balaban J connectivity index is 1.70. The van der Waals surface area contributed by atoms with Gasteiger partial charge in [0.05, 0.1) is 0 Å². The second-order valence-corrected chi connectivity index (χ2v) is 4.43. The normalized spacial score (nSPS) is 20.4. The van der Waals surface area contributed by atoms with E-state index in [9.17, 15) is 14.4 Å². The van der Waals surface area contributed by atoms with Gasteiger partial charge < -0.3 is 5.32 Å². The van der Waals surface area contributed by atoms with Crippen LogP contribution < -0.4 is 5.32 Å². The third-order valence-corrected chi connectivity index (χ3v) is 3.26. The number of carbonyl (C=O) groups excluding carboxylic acids is 3. The number of nitrogens with zero attached hydrogens (tertiary/aromatic N) is 1. The summed E-state index contributed by atoms with van der Waals surface area (Å²) in [5.74, 6) is -0.428. The van der Waals surface area contributed by atoms with Crippen LogP contribution in [-0.4, -0.2) is 35.7 Å². The number of nitrogens with one attached hydrogen (secondary N) is 1. The molecule has 1 heterocycles. The van der Waals surface area contributed by atoms with E-state index < -0.39 is 0 Å². The lowest BCUT2D eigenvalue weighted by molar-refractivity contribution is -0.137. The van der Waals surface area contributed by atoms with Gasteiger partial charge in [0.2, 0.25) is 5.91 Å². The van der Waals surface area contributed by atoms with Gasteiger partial charge in [-0.3, -0.25) is 19.3 Å². The van der Waals surface area contributed by atoms with Crippen molar-refractivity contribution < 1.29 is 14.4 Å². The summed E-state index contributed by atoms with van der Waals surface area (Å²) in [6, 6.07) is 0. The molecule has 2 aliphatic rings. The molecule has 1 saturated carbocycles. The minimum Gasteiger partial charge on any atom is -0.354 e. The fourth-order valence-electron chi connectivity index (χ4n) is 2.27. The van der Waals surface area contributed by atoms with Crippen LogP contribution in [0.5, 0.6) is 0 Å². The highest BCUT2D eigenvalue weighted by Gasteiger charge is 2.25. The molecule has 1 aliphatic carbocycles. The molecule has 0 aromatic rings. The Hall–Kier alpha value is -1.65. The maximum atomic E-state index is 11.7. The van der Waals surface area contributed by atoms with Crippen LogP contribution in [0.2, 0.25) is 0 Å². The maximum absolute atomic E-state index is 11.7.